The highest BCUT2D eigenvalue weighted by Gasteiger charge is 2.36. The summed E-state index contributed by atoms with van der Waals surface area (Å²) < 4.78 is 6.70. The summed E-state index contributed by atoms with van der Waals surface area (Å²) in [6.07, 6.45) is 0. The van der Waals surface area contributed by atoms with Gasteiger partial charge in [0.1, 0.15) is 11.2 Å². The van der Waals surface area contributed by atoms with Crippen molar-refractivity contribution >= 4 is 49.8 Å². The third kappa shape index (κ3) is 5.25. The Balaban J connectivity index is 1.22. The predicted molar refractivity (Wildman–Crippen MR) is 240 cm³/mol. The number of rotatable bonds is 6. The van der Waals surface area contributed by atoms with Crippen LogP contribution in [0.25, 0.3) is 77.2 Å². The van der Waals surface area contributed by atoms with Gasteiger partial charge in [0.25, 0.3) is 0 Å². The zero-order valence-electron chi connectivity index (χ0n) is 31.9. The molecule has 11 rings (SSSR count). The summed E-state index contributed by atoms with van der Waals surface area (Å²) in [6.45, 7) is 4.72. The van der Waals surface area contributed by atoms with Crippen LogP contribution in [0.1, 0.15) is 25.0 Å². The monoisotopic (exact) mass is 729 g/mol. The molecule has 0 saturated carbocycles. The van der Waals surface area contributed by atoms with Gasteiger partial charge in [-0.2, -0.15) is 0 Å². The number of furan rings is 1. The van der Waals surface area contributed by atoms with Crippen LogP contribution < -0.4 is 4.90 Å². The molecule has 0 spiro atoms. The van der Waals surface area contributed by atoms with Crippen LogP contribution in [0, 0.1) is 0 Å². The van der Waals surface area contributed by atoms with Gasteiger partial charge in [0, 0.05) is 38.6 Å². The fourth-order valence-corrected chi connectivity index (χ4v) is 9.32. The summed E-state index contributed by atoms with van der Waals surface area (Å²) in [7, 11) is 0. The Kier molecular flexibility index (Phi) is 7.55. The fraction of sp³-hybridized carbons (Fsp3) is 0.0545. The lowest BCUT2D eigenvalue weighted by atomic mass is 9.82. The molecule has 0 saturated heterocycles. The van der Waals surface area contributed by atoms with E-state index in [4.69, 9.17) is 4.42 Å². The Morgan fingerprint density at radius 2 is 1.02 bits per heavy atom. The molecule has 0 amide bonds. The van der Waals surface area contributed by atoms with Crippen LogP contribution >= 0.6 is 0 Å². The van der Waals surface area contributed by atoms with Gasteiger partial charge in [-0.25, -0.2) is 0 Å². The average molecular weight is 730 g/mol. The van der Waals surface area contributed by atoms with Crippen molar-refractivity contribution in [2.24, 2.45) is 0 Å². The summed E-state index contributed by atoms with van der Waals surface area (Å²) >= 11 is 0. The number of hydrogen-bond acceptors (Lipinski definition) is 2. The predicted octanol–water partition coefficient (Wildman–Crippen LogP) is 15.5. The van der Waals surface area contributed by atoms with Crippen molar-refractivity contribution in [2.45, 2.75) is 19.3 Å². The maximum absolute atomic E-state index is 6.70. The van der Waals surface area contributed by atoms with Gasteiger partial charge in [-0.1, -0.05) is 184 Å². The van der Waals surface area contributed by atoms with Gasteiger partial charge in [-0.05, 0) is 80.0 Å². The molecule has 9 aromatic carbocycles. The van der Waals surface area contributed by atoms with E-state index in [1.54, 1.807) is 0 Å². The maximum atomic E-state index is 6.70. The minimum atomic E-state index is -0.167. The lowest BCUT2D eigenvalue weighted by Gasteiger charge is -2.32. The summed E-state index contributed by atoms with van der Waals surface area (Å²) in [6, 6.07) is 72.8. The highest BCUT2D eigenvalue weighted by Crippen LogP contribution is 2.53. The number of fused-ring (bicyclic) bond motifs is 7. The number of hydrogen-bond donors (Lipinski definition) is 0. The first-order chi connectivity index (χ1) is 28.0. The number of para-hydroxylation sites is 3. The largest absolute Gasteiger partial charge is 0.455 e. The topological polar surface area (TPSA) is 16.4 Å². The van der Waals surface area contributed by atoms with Crippen molar-refractivity contribution in [3.05, 3.63) is 211 Å². The van der Waals surface area contributed by atoms with E-state index in [0.29, 0.717) is 0 Å². The summed E-state index contributed by atoms with van der Waals surface area (Å²) in [5.74, 6) is 0. The molecule has 0 bridgehead atoms. The molecule has 0 unspecified atom stereocenters. The molecule has 1 aliphatic carbocycles. The third-order valence-electron chi connectivity index (χ3n) is 12.1. The van der Waals surface area contributed by atoms with E-state index in [0.717, 1.165) is 66.8 Å². The Morgan fingerprint density at radius 3 is 1.91 bits per heavy atom. The summed E-state index contributed by atoms with van der Waals surface area (Å²) in [4.78, 5) is 2.49. The zero-order chi connectivity index (χ0) is 38.1. The molecular formula is C55H39NO. The van der Waals surface area contributed by atoms with Gasteiger partial charge in [-0.15, -0.1) is 0 Å². The van der Waals surface area contributed by atoms with Crippen LogP contribution in [0.2, 0.25) is 0 Å². The van der Waals surface area contributed by atoms with E-state index in [2.05, 4.69) is 213 Å². The quantitative estimate of drug-likeness (QED) is 0.169. The first-order valence-electron chi connectivity index (χ1n) is 19.8. The van der Waals surface area contributed by atoms with Crippen molar-refractivity contribution < 1.29 is 4.42 Å². The smallest absolute Gasteiger partial charge is 0.143 e. The maximum Gasteiger partial charge on any atom is 0.143 e. The number of benzene rings is 9. The van der Waals surface area contributed by atoms with Crippen LogP contribution in [-0.4, -0.2) is 0 Å². The fourth-order valence-electron chi connectivity index (χ4n) is 9.32. The van der Waals surface area contributed by atoms with E-state index in [9.17, 15) is 0 Å². The summed E-state index contributed by atoms with van der Waals surface area (Å²) in [5.41, 5.74) is 17.0. The van der Waals surface area contributed by atoms with Crippen molar-refractivity contribution in [3.8, 4) is 44.5 Å². The van der Waals surface area contributed by atoms with E-state index >= 15 is 0 Å². The molecular weight excluding hydrogens is 691 g/mol. The van der Waals surface area contributed by atoms with Crippen molar-refractivity contribution in [1.29, 1.82) is 0 Å². The lowest BCUT2D eigenvalue weighted by Crippen LogP contribution is -2.17. The van der Waals surface area contributed by atoms with Crippen LogP contribution in [0.5, 0.6) is 0 Å². The van der Waals surface area contributed by atoms with Crippen molar-refractivity contribution in [3.63, 3.8) is 0 Å². The van der Waals surface area contributed by atoms with E-state index in [-0.39, 0.29) is 5.41 Å². The highest BCUT2D eigenvalue weighted by atomic mass is 16.3. The van der Waals surface area contributed by atoms with Gasteiger partial charge in [0.05, 0.1) is 11.4 Å². The molecule has 10 aromatic rings. The molecule has 270 valence electrons. The molecule has 57 heavy (non-hydrogen) atoms. The van der Waals surface area contributed by atoms with Gasteiger partial charge in [0.15, 0.2) is 0 Å². The molecule has 1 aliphatic rings. The van der Waals surface area contributed by atoms with Gasteiger partial charge < -0.3 is 9.32 Å². The highest BCUT2D eigenvalue weighted by molar-refractivity contribution is 6.11. The first kappa shape index (κ1) is 33.2. The van der Waals surface area contributed by atoms with Crippen LogP contribution in [0.3, 0.4) is 0 Å². The Bertz CT molecular complexity index is 3160. The Hall–Kier alpha value is -7.16. The molecule has 0 atom stereocenters. The summed E-state index contributed by atoms with van der Waals surface area (Å²) in [5, 5.41) is 4.70. The van der Waals surface area contributed by atoms with Crippen molar-refractivity contribution in [2.75, 3.05) is 4.90 Å². The normalized spacial score (nSPS) is 12.9. The molecule has 1 heterocycles. The second-order valence-electron chi connectivity index (χ2n) is 15.7. The molecule has 0 aliphatic heterocycles. The molecule has 0 fully saturated rings. The first-order valence-corrected chi connectivity index (χ1v) is 19.8. The molecule has 0 N–H and O–H groups in total. The Labute approximate surface area is 332 Å². The average Bonchev–Trinajstić information content (AvgIpc) is 3.76. The number of nitrogens with zero attached hydrogens (tertiary/aromatic N) is 1. The molecule has 0 radical (unpaired) electrons. The van der Waals surface area contributed by atoms with Gasteiger partial charge in [-0.3, -0.25) is 0 Å². The lowest BCUT2D eigenvalue weighted by molar-refractivity contribution is 0.660. The number of anilines is 3. The molecule has 2 nitrogen and oxygen atoms in total. The van der Waals surface area contributed by atoms with Crippen LogP contribution in [0.4, 0.5) is 17.1 Å². The minimum absolute atomic E-state index is 0.167. The molecule has 1 aromatic heterocycles. The van der Waals surface area contributed by atoms with Gasteiger partial charge >= 0.3 is 0 Å². The van der Waals surface area contributed by atoms with Crippen LogP contribution in [0.15, 0.2) is 205 Å². The standard InChI is InChI=1S/C55H39NO/c1-55(2)49-27-11-8-21-43(49)44-33-31-39(35-50(44)55)56(51-28-12-9-22-45(51)47-25-15-26-48-46-23-10-13-29-53(46)57-54(47)48)52-34-38(30-32-42(52)37-16-4-3-5-17-37)41-24-14-19-36-18-6-7-20-40(36)41/h3-35H,1-2H3. The second kappa shape index (κ2) is 13.0. The minimum Gasteiger partial charge on any atom is -0.455 e. The van der Waals surface area contributed by atoms with E-state index in [1.165, 1.54) is 38.6 Å². The van der Waals surface area contributed by atoms with Crippen LogP contribution in [-0.2, 0) is 5.41 Å². The Morgan fingerprint density at radius 1 is 0.386 bits per heavy atom. The van der Waals surface area contributed by atoms with Gasteiger partial charge in [0.2, 0.25) is 0 Å². The van der Waals surface area contributed by atoms with E-state index in [1.807, 2.05) is 6.07 Å². The second-order valence-corrected chi connectivity index (χ2v) is 15.7. The van der Waals surface area contributed by atoms with E-state index < -0.39 is 0 Å². The SMILES string of the molecule is CC1(C)c2ccccc2-c2ccc(N(c3cc(-c4cccc5ccccc45)ccc3-c3ccccc3)c3ccccc3-c3cccc4c3oc3ccccc34)cc21. The third-order valence-corrected chi connectivity index (χ3v) is 12.1. The van der Waals surface area contributed by atoms with Crippen molar-refractivity contribution in [1.82, 2.24) is 0 Å². The zero-order valence-corrected chi connectivity index (χ0v) is 31.9. The molecule has 2 heteroatoms.